The summed E-state index contributed by atoms with van der Waals surface area (Å²) in [5, 5.41) is 1.38. The largest absolute Gasteiger partial charge is 0.325 e. The molecule has 2 aromatic carbocycles. The molecule has 0 saturated carbocycles. The van der Waals surface area contributed by atoms with Crippen molar-refractivity contribution in [2.24, 2.45) is 0 Å². The normalized spacial score (nSPS) is 13.9. The zero-order valence-corrected chi connectivity index (χ0v) is 16.7. The third-order valence-electron chi connectivity index (χ3n) is 5.54. The summed E-state index contributed by atoms with van der Waals surface area (Å²) in [6.07, 6.45) is 7.92. The molecule has 1 aliphatic heterocycles. The fraction of sp³-hybridized carbons (Fsp3) is 0.217. The topological polar surface area (TPSA) is 9.34 Å². The van der Waals surface area contributed by atoms with Crippen molar-refractivity contribution in [2.75, 3.05) is 0 Å². The average molecular weight is 395 g/mol. The van der Waals surface area contributed by atoms with Gasteiger partial charge in [0.15, 0.2) is 0 Å². The SMILES string of the molecule is Cc1ccc(-c2cn3cc(-c4ccc(Cl)cc4Cl)c4c3n2CCCC4)cc1. The molecule has 2 aromatic heterocycles. The van der Waals surface area contributed by atoms with Gasteiger partial charge in [0.1, 0.15) is 5.65 Å². The van der Waals surface area contributed by atoms with Crippen LogP contribution < -0.4 is 0 Å². The number of halogens is 2. The van der Waals surface area contributed by atoms with Crippen LogP contribution in [0.15, 0.2) is 54.9 Å². The molecule has 1 aliphatic rings. The predicted molar refractivity (Wildman–Crippen MR) is 114 cm³/mol. The Labute approximate surface area is 169 Å². The molecule has 3 heterocycles. The van der Waals surface area contributed by atoms with Crippen molar-refractivity contribution in [2.45, 2.75) is 32.7 Å². The first-order valence-electron chi connectivity index (χ1n) is 9.37. The van der Waals surface area contributed by atoms with Gasteiger partial charge in [-0.3, -0.25) is 0 Å². The Kier molecular flexibility index (Phi) is 4.07. The Morgan fingerprint density at radius 1 is 0.889 bits per heavy atom. The first kappa shape index (κ1) is 17.0. The molecule has 0 radical (unpaired) electrons. The number of benzene rings is 2. The summed E-state index contributed by atoms with van der Waals surface area (Å²) in [5.74, 6) is 0. The number of hydrogen-bond acceptors (Lipinski definition) is 0. The number of aryl methyl sites for hydroxylation is 3. The second-order valence-corrected chi connectivity index (χ2v) is 8.21. The third-order valence-corrected chi connectivity index (χ3v) is 6.09. The number of aromatic nitrogens is 2. The fourth-order valence-electron chi connectivity index (χ4n) is 4.21. The van der Waals surface area contributed by atoms with Gasteiger partial charge in [0.05, 0.1) is 5.69 Å². The van der Waals surface area contributed by atoms with Crippen molar-refractivity contribution in [3.63, 3.8) is 0 Å². The van der Waals surface area contributed by atoms with Gasteiger partial charge in [0.25, 0.3) is 0 Å². The summed E-state index contributed by atoms with van der Waals surface area (Å²) in [7, 11) is 0. The number of rotatable bonds is 2. The van der Waals surface area contributed by atoms with Crippen molar-refractivity contribution >= 4 is 28.8 Å². The molecule has 0 unspecified atom stereocenters. The van der Waals surface area contributed by atoms with Crippen molar-refractivity contribution in [1.82, 2.24) is 8.97 Å². The van der Waals surface area contributed by atoms with Crippen molar-refractivity contribution in [3.8, 4) is 22.4 Å². The highest BCUT2D eigenvalue weighted by molar-refractivity contribution is 6.36. The lowest BCUT2D eigenvalue weighted by atomic mass is 10.0. The summed E-state index contributed by atoms with van der Waals surface area (Å²) in [6.45, 7) is 3.17. The summed E-state index contributed by atoms with van der Waals surface area (Å²) in [4.78, 5) is 0. The maximum absolute atomic E-state index is 6.53. The van der Waals surface area contributed by atoms with E-state index in [1.165, 1.54) is 46.4 Å². The molecule has 0 amide bonds. The highest BCUT2D eigenvalue weighted by atomic mass is 35.5. The minimum Gasteiger partial charge on any atom is -0.325 e. The summed E-state index contributed by atoms with van der Waals surface area (Å²) < 4.78 is 4.75. The van der Waals surface area contributed by atoms with Gasteiger partial charge >= 0.3 is 0 Å². The van der Waals surface area contributed by atoms with Gasteiger partial charge in [-0.05, 0) is 43.9 Å². The van der Waals surface area contributed by atoms with E-state index in [0.29, 0.717) is 10.0 Å². The zero-order chi connectivity index (χ0) is 18.5. The standard InChI is InChI=1S/C23H20Cl2N2/c1-15-5-7-16(8-6-15)22-14-26-13-20(18-10-9-17(24)12-21(18)25)19-4-2-3-11-27(22)23(19)26/h5-10,12-14H,2-4,11H2,1H3. The van der Waals surface area contributed by atoms with Gasteiger partial charge in [0, 0.05) is 45.7 Å². The van der Waals surface area contributed by atoms with Gasteiger partial charge in [-0.15, -0.1) is 0 Å². The first-order valence-corrected chi connectivity index (χ1v) is 10.1. The molecule has 0 N–H and O–H groups in total. The van der Waals surface area contributed by atoms with Gasteiger partial charge in [-0.2, -0.15) is 0 Å². The van der Waals surface area contributed by atoms with Crippen LogP contribution in [-0.2, 0) is 13.0 Å². The molecular weight excluding hydrogens is 375 g/mol. The predicted octanol–water partition coefficient (Wildman–Crippen LogP) is 7.03. The van der Waals surface area contributed by atoms with E-state index in [-0.39, 0.29) is 0 Å². The molecule has 0 saturated heterocycles. The maximum atomic E-state index is 6.53. The van der Waals surface area contributed by atoms with E-state index in [2.05, 4.69) is 52.6 Å². The van der Waals surface area contributed by atoms with Crippen LogP contribution in [0.25, 0.3) is 28.0 Å². The van der Waals surface area contributed by atoms with Crippen LogP contribution in [0, 0.1) is 6.92 Å². The molecule has 4 heteroatoms. The van der Waals surface area contributed by atoms with Crippen molar-refractivity contribution < 1.29 is 0 Å². The molecule has 27 heavy (non-hydrogen) atoms. The van der Waals surface area contributed by atoms with E-state index >= 15 is 0 Å². The molecule has 4 aromatic rings. The highest BCUT2D eigenvalue weighted by Gasteiger charge is 2.22. The minimum absolute atomic E-state index is 0.671. The molecule has 0 aliphatic carbocycles. The highest BCUT2D eigenvalue weighted by Crippen LogP contribution is 2.39. The lowest BCUT2D eigenvalue weighted by Gasteiger charge is -2.09. The van der Waals surface area contributed by atoms with Gasteiger partial charge in [0.2, 0.25) is 0 Å². The van der Waals surface area contributed by atoms with E-state index in [0.717, 1.165) is 18.5 Å². The van der Waals surface area contributed by atoms with Crippen LogP contribution in [0.5, 0.6) is 0 Å². The fourth-order valence-corrected chi connectivity index (χ4v) is 4.72. The van der Waals surface area contributed by atoms with Gasteiger partial charge in [-0.25, -0.2) is 0 Å². The van der Waals surface area contributed by atoms with E-state index in [9.17, 15) is 0 Å². The molecule has 2 nitrogen and oxygen atoms in total. The van der Waals surface area contributed by atoms with Crippen LogP contribution in [0.4, 0.5) is 0 Å². The Bertz CT molecular complexity index is 1150. The first-order chi connectivity index (χ1) is 13.1. The smallest absolute Gasteiger partial charge is 0.121 e. The van der Waals surface area contributed by atoms with E-state index < -0.39 is 0 Å². The summed E-state index contributed by atoms with van der Waals surface area (Å²) >= 11 is 12.6. The number of nitrogens with zero attached hydrogens (tertiary/aromatic N) is 2. The van der Waals surface area contributed by atoms with Crippen molar-refractivity contribution in [1.29, 1.82) is 0 Å². The maximum Gasteiger partial charge on any atom is 0.121 e. The van der Waals surface area contributed by atoms with Crippen LogP contribution in [0.3, 0.4) is 0 Å². The van der Waals surface area contributed by atoms with E-state index in [1.807, 2.05) is 18.2 Å². The molecule has 0 atom stereocenters. The summed E-state index contributed by atoms with van der Waals surface area (Å²) in [5.41, 5.74) is 8.79. The zero-order valence-electron chi connectivity index (χ0n) is 15.2. The van der Waals surface area contributed by atoms with E-state index in [1.54, 1.807) is 0 Å². The number of imidazole rings is 1. The quantitative estimate of drug-likeness (QED) is 0.345. The average Bonchev–Trinajstić information content (AvgIpc) is 3.07. The molecule has 5 rings (SSSR count). The lowest BCUT2D eigenvalue weighted by molar-refractivity contribution is 0.647. The van der Waals surface area contributed by atoms with Crippen LogP contribution in [0.2, 0.25) is 10.0 Å². The molecule has 136 valence electrons. The van der Waals surface area contributed by atoms with Crippen LogP contribution in [-0.4, -0.2) is 8.97 Å². The molecular formula is C23H20Cl2N2. The molecule has 0 bridgehead atoms. The Morgan fingerprint density at radius 3 is 2.48 bits per heavy atom. The second-order valence-electron chi connectivity index (χ2n) is 7.37. The Morgan fingerprint density at radius 2 is 1.70 bits per heavy atom. The monoisotopic (exact) mass is 394 g/mol. The molecule has 0 fully saturated rings. The minimum atomic E-state index is 0.671. The van der Waals surface area contributed by atoms with Gasteiger partial charge < -0.3 is 8.97 Å². The van der Waals surface area contributed by atoms with E-state index in [4.69, 9.17) is 23.2 Å². The summed E-state index contributed by atoms with van der Waals surface area (Å²) in [6, 6.07) is 14.6. The van der Waals surface area contributed by atoms with Crippen LogP contribution in [0.1, 0.15) is 24.0 Å². The molecule has 0 spiro atoms. The third kappa shape index (κ3) is 2.79. The number of hydrogen-bond donors (Lipinski definition) is 0. The lowest BCUT2D eigenvalue weighted by Crippen LogP contribution is -1.98. The van der Waals surface area contributed by atoms with Gasteiger partial charge in [-0.1, -0.05) is 59.1 Å². The van der Waals surface area contributed by atoms with Crippen molar-refractivity contribution in [3.05, 3.63) is 76.0 Å². The Hall–Kier alpha value is -2.16. The Balaban J connectivity index is 1.74. The van der Waals surface area contributed by atoms with Crippen LogP contribution >= 0.6 is 23.2 Å². The second kappa shape index (κ2) is 6.47.